The van der Waals surface area contributed by atoms with Crippen LogP contribution in [0.15, 0.2) is 58.3 Å². The minimum atomic E-state index is -3.71. The Morgan fingerprint density at radius 3 is 2.58 bits per heavy atom. The molecule has 1 aliphatic rings. The van der Waals surface area contributed by atoms with Gasteiger partial charge >= 0.3 is 0 Å². The number of thioether (sulfide) groups is 1. The third-order valence-electron chi connectivity index (χ3n) is 4.30. The first-order valence-corrected chi connectivity index (χ1v) is 11.0. The number of hydrogen-bond acceptors (Lipinski definition) is 4. The van der Waals surface area contributed by atoms with Gasteiger partial charge in [0.2, 0.25) is 5.91 Å². The molecule has 0 unspecified atom stereocenters. The van der Waals surface area contributed by atoms with Gasteiger partial charge in [-0.05, 0) is 49.4 Å². The fourth-order valence-electron chi connectivity index (χ4n) is 3.06. The van der Waals surface area contributed by atoms with Crippen molar-refractivity contribution in [2.45, 2.75) is 30.1 Å². The highest BCUT2D eigenvalue weighted by molar-refractivity contribution is 7.99. The molecule has 138 valence electrons. The van der Waals surface area contributed by atoms with Gasteiger partial charge in [-0.1, -0.05) is 18.2 Å². The summed E-state index contributed by atoms with van der Waals surface area (Å²) in [5.74, 6) is 0.840. The van der Waals surface area contributed by atoms with E-state index in [-0.39, 0.29) is 10.8 Å². The number of para-hydroxylation sites is 1. The van der Waals surface area contributed by atoms with Crippen LogP contribution in [0, 0.1) is 0 Å². The third-order valence-corrected chi connectivity index (χ3v) is 7.35. The molecule has 7 heteroatoms. The number of rotatable bonds is 4. The average molecular weight is 391 g/mol. The lowest BCUT2D eigenvalue weighted by atomic mass is 10.2. The molecule has 0 atom stereocenters. The number of anilines is 2. The van der Waals surface area contributed by atoms with E-state index in [2.05, 4.69) is 0 Å². The van der Waals surface area contributed by atoms with Gasteiger partial charge in [0, 0.05) is 24.9 Å². The van der Waals surface area contributed by atoms with Gasteiger partial charge < -0.3 is 4.90 Å². The Hall–Kier alpha value is -1.99. The molecule has 0 spiro atoms. The summed E-state index contributed by atoms with van der Waals surface area (Å²) in [5.41, 5.74) is 1.31. The van der Waals surface area contributed by atoms with Crippen molar-refractivity contribution in [3.63, 3.8) is 0 Å². The molecule has 0 saturated heterocycles. The number of carbonyl (C=O) groups is 1. The van der Waals surface area contributed by atoms with E-state index in [1.807, 2.05) is 31.2 Å². The molecular formula is C19H22N2O3S2. The van der Waals surface area contributed by atoms with Gasteiger partial charge in [-0.15, -0.1) is 11.8 Å². The maximum Gasteiger partial charge on any atom is 0.264 e. The van der Waals surface area contributed by atoms with E-state index in [9.17, 15) is 13.2 Å². The summed E-state index contributed by atoms with van der Waals surface area (Å²) < 4.78 is 27.8. The van der Waals surface area contributed by atoms with E-state index in [1.165, 1.54) is 11.2 Å². The molecular weight excluding hydrogens is 368 g/mol. The van der Waals surface area contributed by atoms with Crippen LogP contribution in [0.3, 0.4) is 0 Å². The second-order valence-electron chi connectivity index (χ2n) is 6.01. The molecule has 0 saturated carbocycles. The molecule has 3 rings (SSSR count). The molecule has 0 fully saturated rings. The highest BCUT2D eigenvalue weighted by atomic mass is 32.2. The molecule has 0 aliphatic carbocycles. The van der Waals surface area contributed by atoms with E-state index in [0.29, 0.717) is 24.5 Å². The monoisotopic (exact) mass is 390 g/mol. The predicted octanol–water partition coefficient (Wildman–Crippen LogP) is 3.75. The van der Waals surface area contributed by atoms with Crippen molar-refractivity contribution in [3.05, 3.63) is 48.5 Å². The van der Waals surface area contributed by atoms with Crippen molar-refractivity contribution in [2.75, 3.05) is 28.0 Å². The molecule has 1 aliphatic heterocycles. The zero-order chi connectivity index (χ0) is 18.7. The van der Waals surface area contributed by atoms with Gasteiger partial charge in [-0.25, -0.2) is 8.42 Å². The molecule has 1 heterocycles. The number of benzene rings is 2. The Balaban J connectivity index is 2.07. The van der Waals surface area contributed by atoms with Gasteiger partial charge in [0.05, 0.1) is 16.3 Å². The van der Waals surface area contributed by atoms with Gasteiger partial charge in [0.1, 0.15) is 0 Å². The maximum atomic E-state index is 13.2. The Morgan fingerprint density at radius 2 is 1.92 bits per heavy atom. The number of hydrogen-bond donors (Lipinski definition) is 0. The van der Waals surface area contributed by atoms with Crippen molar-refractivity contribution >= 4 is 39.1 Å². The number of sulfonamides is 1. The van der Waals surface area contributed by atoms with E-state index in [4.69, 9.17) is 0 Å². The minimum Gasteiger partial charge on any atom is -0.311 e. The Labute approximate surface area is 159 Å². The standard InChI is InChI=1S/C19H22N2O3S2/c1-3-21(16-8-5-4-6-9-16)26(23,24)17-10-11-19-18(14-17)20(15(2)22)12-7-13-25-19/h4-6,8-11,14H,3,7,12-13H2,1-2H3. The van der Waals surface area contributed by atoms with Crippen molar-refractivity contribution in [3.8, 4) is 0 Å². The number of carbonyl (C=O) groups excluding carboxylic acids is 1. The molecule has 5 nitrogen and oxygen atoms in total. The molecule has 2 aromatic rings. The minimum absolute atomic E-state index is 0.0706. The van der Waals surface area contributed by atoms with Crippen molar-refractivity contribution in [1.29, 1.82) is 0 Å². The third kappa shape index (κ3) is 3.59. The van der Waals surface area contributed by atoms with Crippen molar-refractivity contribution in [2.24, 2.45) is 0 Å². The number of nitrogens with zero attached hydrogens (tertiary/aromatic N) is 2. The summed E-state index contributed by atoms with van der Waals surface area (Å²) in [7, 11) is -3.71. The molecule has 1 amide bonds. The first-order chi connectivity index (χ1) is 12.4. The zero-order valence-corrected chi connectivity index (χ0v) is 16.5. The van der Waals surface area contributed by atoms with E-state index >= 15 is 0 Å². The predicted molar refractivity (Wildman–Crippen MR) is 106 cm³/mol. The summed E-state index contributed by atoms with van der Waals surface area (Å²) in [6.45, 7) is 4.26. The highest BCUT2D eigenvalue weighted by Gasteiger charge is 2.27. The van der Waals surface area contributed by atoms with Crippen LogP contribution in [-0.2, 0) is 14.8 Å². The van der Waals surface area contributed by atoms with E-state index in [0.717, 1.165) is 17.1 Å². The zero-order valence-electron chi connectivity index (χ0n) is 14.9. The van der Waals surface area contributed by atoms with Crippen LogP contribution in [0.2, 0.25) is 0 Å². The van der Waals surface area contributed by atoms with Gasteiger partial charge in [-0.3, -0.25) is 9.10 Å². The Kier molecular flexibility index (Phi) is 5.58. The van der Waals surface area contributed by atoms with Crippen LogP contribution in [0.4, 0.5) is 11.4 Å². The van der Waals surface area contributed by atoms with Crippen LogP contribution in [-0.4, -0.2) is 33.2 Å². The fourth-order valence-corrected chi connectivity index (χ4v) is 5.52. The highest BCUT2D eigenvalue weighted by Crippen LogP contribution is 2.36. The molecule has 0 N–H and O–H groups in total. The molecule has 0 bridgehead atoms. The summed E-state index contributed by atoms with van der Waals surface area (Å²) in [4.78, 5) is 14.9. The van der Waals surface area contributed by atoms with E-state index in [1.54, 1.807) is 40.9 Å². The summed E-state index contributed by atoms with van der Waals surface area (Å²) in [5, 5.41) is 0. The Bertz CT molecular complexity index is 898. The Morgan fingerprint density at radius 1 is 1.19 bits per heavy atom. The SMILES string of the molecule is CCN(c1ccccc1)S(=O)(=O)c1ccc2c(c1)N(C(C)=O)CCCS2. The van der Waals surface area contributed by atoms with Crippen LogP contribution < -0.4 is 9.21 Å². The lowest BCUT2D eigenvalue weighted by Crippen LogP contribution is -2.32. The maximum absolute atomic E-state index is 13.2. The molecule has 0 aromatic heterocycles. The number of amides is 1. The van der Waals surface area contributed by atoms with Crippen LogP contribution in [0.25, 0.3) is 0 Å². The van der Waals surface area contributed by atoms with Crippen LogP contribution in [0.5, 0.6) is 0 Å². The van der Waals surface area contributed by atoms with Gasteiger partial charge in [-0.2, -0.15) is 0 Å². The normalized spacial score (nSPS) is 14.5. The number of fused-ring (bicyclic) bond motifs is 1. The molecule has 26 heavy (non-hydrogen) atoms. The first-order valence-electron chi connectivity index (χ1n) is 8.58. The summed E-state index contributed by atoms with van der Waals surface area (Å²) in [6, 6.07) is 14.1. The summed E-state index contributed by atoms with van der Waals surface area (Å²) in [6.07, 6.45) is 0.881. The summed E-state index contributed by atoms with van der Waals surface area (Å²) >= 11 is 1.66. The quantitative estimate of drug-likeness (QED) is 0.798. The van der Waals surface area contributed by atoms with Gasteiger partial charge in [0.25, 0.3) is 10.0 Å². The van der Waals surface area contributed by atoms with Gasteiger partial charge in [0.15, 0.2) is 0 Å². The second kappa shape index (κ2) is 7.72. The van der Waals surface area contributed by atoms with Crippen molar-refractivity contribution in [1.82, 2.24) is 0 Å². The lowest BCUT2D eigenvalue weighted by molar-refractivity contribution is -0.116. The average Bonchev–Trinajstić information content (AvgIpc) is 2.85. The van der Waals surface area contributed by atoms with E-state index < -0.39 is 10.0 Å². The molecule has 0 radical (unpaired) electrons. The van der Waals surface area contributed by atoms with Crippen LogP contribution in [0.1, 0.15) is 20.3 Å². The lowest BCUT2D eigenvalue weighted by Gasteiger charge is -2.25. The largest absolute Gasteiger partial charge is 0.311 e. The topological polar surface area (TPSA) is 57.7 Å². The van der Waals surface area contributed by atoms with Crippen LogP contribution >= 0.6 is 11.8 Å². The second-order valence-corrected chi connectivity index (χ2v) is 9.01. The van der Waals surface area contributed by atoms with Crippen molar-refractivity contribution < 1.29 is 13.2 Å². The fraction of sp³-hybridized carbons (Fsp3) is 0.316. The molecule has 2 aromatic carbocycles. The first kappa shape index (κ1) is 18.8. The smallest absolute Gasteiger partial charge is 0.264 e.